The van der Waals surface area contributed by atoms with Gasteiger partial charge in [-0.3, -0.25) is 10.00 Å². The van der Waals surface area contributed by atoms with Gasteiger partial charge in [0.15, 0.2) is 28.9 Å². The second-order valence-corrected chi connectivity index (χ2v) is 16.9. The molecule has 0 spiro atoms. The molecular weight excluding hydrogens is 560 g/mol. The predicted molar refractivity (Wildman–Crippen MR) is 155 cm³/mol. The Morgan fingerprint density at radius 1 is 1.05 bits per heavy atom. The fourth-order valence-corrected chi connectivity index (χ4v) is 5.43. The van der Waals surface area contributed by atoms with Crippen LogP contribution in [0.4, 0.5) is 19.4 Å². The maximum Gasteiger partial charge on any atom is 0.416 e. The number of aromatic amines is 1. The van der Waals surface area contributed by atoms with Gasteiger partial charge in [0.25, 0.3) is 0 Å². The molecule has 3 aromatic heterocycles. The van der Waals surface area contributed by atoms with Crippen molar-refractivity contribution in [2.45, 2.75) is 38.3 Å². The first-order valence-electron chi connectivity index (χ1n) is 13.5. The van der Waals surface area contributed by atoms with Crippen molar-refractivity contribution in [3.05, 3.63) is 83.9 Å². The van der Waals surface area contributed by atoms with E-state index in [1.807, 2.05) is 24.3 Å². The summed E-state index contributed by atoms with van der Waals surface area (Å²) in [6, 6.07) is 13.3. The van der Waals surface area contributed by atoms with Gasteiger partial charge < -0.3 is 9.47 Å². The van der Waals surface area contributed by atoms with Gasteiger partial charge in [0, 0.05) is 32.0 Å². The van der Waals surface area contributed by atoms with Crippen LogP contribution in [0.5, 0.6) is 0 Å². The number of nitrogens with one attached hydrogen (secondary N) is 1. The quantitative estimate of drug-likeness (QED) is 0.166. The predicted octanol–water partition coefficient (Wildman–Crippen LogP) is 6.01. The molecule has 1 fully saturated rings. The standard InChI is InChI=1S/C29H29F2N7O3Si/c1-42(2,3)13-12-40-17-25-33-27(36-35-25)19-6-4-18(5-7-19)21-15-32-37-11-10-26(34-28(21)37)38-24(16-41-29(38)39)20-8-9-22(30)23(31)14-20/h4-11,14-15,24H,12-13,16-17H2,1-3H3,(H,33,35,36)/t24-/m0/s1. The number of fused-ring (bicyclic) bond motifs is 1. The average molecular weight is 590 g/mol. The van der Waals surface area contributed by atoms with Gasteiger partial charge in [0.1, 0.15) is 25.1 Å². The number of carbonyl (C=O) groups excluding carboxylic acids is 1. The maximum absolute atomic E-state index is 13.9. The molecule has 6 rings (SSSR count). The van der Waals surface area contributed by atoms with Crippen LogP contribution < -0.4 is 4.90 Å². The number of amides is 1. The van der Waals surface area contributed by atoms with Gasteiger partial charge in [-0.05, 0) is 35.4 Å². The van der Waals surface area contributed by atoms with Crippen LogP contribution in [0.2, 0.25) is 25.7 Å². The number of benzene rings is 2. The van der Waals surface area contributed by atoms with E-state index < -0.39 is 31.8 Å². The zero-order valence-corrected chi connectivity index (χ0v) is 24.3. The zero-order chi connectivity index (χ0) is 29.4. The van der Waals surface area contributed by atoms with Crippen LogP contribution in [0.1, 0.15) is 17.4 Å². The highest BCUT2D eigenvalue weighted by molar-refractivity contribution is 6.76. The van der Waals surface area contributed by atoms with Crippen LogP contribution in [-0.2, 0) is 16.1 Å². The van der Waals surface area contributed by atoms with E-state index >= 15 is 0 Å². The molecule has 0 bridgehead atoms. The molecule has 1 amide bonds. The highest BCUT2D eigenvalue weighted by Crippen LogP contribution is 2.34. The molecule has 42 heavy (non-hydrogen) atoms. The Bertz CT molecular complexity index is 1750. The maximum atomic E-state index is 13.9. The smallest absolute Gasteiger partial charge is 0.416 e. The minimum Gasteiger partial charge on any atom is -0.447 e. The van der Waals surface area contributed by atoms with Crippen LogP contribution in [0.15, 0.2) is 60.9 Å². The summed E-state index contributed by atoms with van der Waals surface area (Å²) >= 11 is 0. The highest BCUT2D eigenvalue weighted by atomic mass is 28.3. The first-order valence-corrected chi connectivity index (χ1v) is 17.2. The lowest BCUT2D eigenvalue weighted by Crippen LogP contribution is -2.28. The molecule has 0 aliphatic carbocycles. The van der Waals surface area contributed by atoms with E-state index in [9.17, 15) is 13.6 Å². The largest absolute Gasteiger partial charge is 0.447 e. The van der Waals surface area contributed by atoms with Crippen molar-refractivity contribution >= 4 is 25.6 Å². The molecule has 0 radical (unpaired) electrons. The molecule has 13 heteroatoms. The minimum absolute atomic E-state index is 0.0160. The fraction of sp³-hybridized carbons (Fsp3) is 0.276. The normalized spacial score (nSPS) is 15.5. The molecule has 1 aliphatic rings. The van der Waals surface area contributed by atoms with Gasteiger partial charge in [-0.2, -0.15) is 10.2 Å². The van der Waals surface area contributed by atoms with Crippen molar-refractivity contribution in [3.63, 3.8) is 0 Å². The first-order chi connectivity index (χ1) is 20.2. The number of H-pyrrole nitrogens is 1. The summed E-state index contributed by atoms with van der Waals surface area (Å²) in [7, 11) is -1.15. The van der Waals surface area contributed by atoms with E-state index in [-0.39, 0.29) is 6.61 Å². The van der Waals surface area contributed by atoms with E-state index in [1.54, 1.807) is 23.0 Å². The van der Waals surface area contributed by atoms with Crippen molar-refractivity contribution in [1.82, 2.24) is 29.8 Å². The number of nitrogens with zero attached hydrogens (tertiary/aromatic N) is 6. The SMILES string of the molecule is C[Si](C)(C)CCOCc1nc(-c2ccc(-c3cnn4ccc(N5C(=O)OC[C@H]5c5ccc(F)c(F)c5)nc34)cc2)n[nH]1. The topological polar surface area (TPSA) is 111 Å². The second kappa shape index (κ2) is 11.1. The van der Waals surface area contributed by atoms with Crippen LogP contribution in [0.25, 0.3) is 28.2 Å². The lowest BCUT2D eigenvalue weighted by atomic mass is 10.1. The average Bonchev–Trinajstić information content (AvgIpc) is 3.70. The van der Waals surface area contributed by atoms with Crippen LogP contribution in [0, 0.1) is 11.6 Å². The Balaban J connectivity index is 1.22. The summed E-state index contributed by atoms with van der Waals surface area (Å²) in [5.74, 6) is -0.412. The van der Waals surface area contributed by atoms with Gasteiger partial charge in [0.2, 0.25) is 0 Å². The summed E-state index contributed by atoms with van der Waals surface area (Å²) in [6.45, 7) is 8.01. The molecule has 5 aromatic rings. The lowest BCUT2D eigenvalue weighted by Gasteiger charge is -2.21. The molecule has 1 saturated heterocycles. The molecule has 4 heterocycles. The van der Waals surface area contributed by atoms with Gasteiger partial charge >= 0.3 is 6.09 Å². The number of ether oxygens (including phenoxy) is 2. The lowest BCUT2D eigenvalue weighted by molar-refractivity contribution is 0.127. The molecular formula is C29H29F2N7O3Si. The van der Waals surface area contributed by atoms with E-state index in [2.05, 4.69) is 39.9 Å². The number of anilines is 1. The zero-order valence-electron chi connectivity index (χ0n) is 23.3. The third-order valence-electron chi connectivity index (χ3n) is 7.02. The van der Waals surface area contributed by atoms with Crippen LogP contribution >= 0.6 is 0 Å². The van der Waals surface area contributed by atoms with E-state index in [0.717, 1.165) is 34.9 Å². The third-order valence-corrected chi connectivity index (χ3v) is 8.73. The van der Waals surface area contributed by atoms with E-state index in [4.69, 9.17) is 14.5 Å². The Morgan fingerprint density at radius 3 is 2.60 bits per heavy atom. The Kier molecular flexibility index (Phi) is 7.29. The second-order valence-electron chi connectivity index (χ2n) is 11.3. The molecule has 0 saturated carbocycles. The molecule has 10 nitrogen and oxygen atoms in total. The van der Waals surface area contributed by atoms with Crippen molar-refractivity contribution in [1.29, 1.82) is 0 Å². The third kappa shape index (κ3) is 5.65. The van der Waals surface area contributed by atoms with E-state index in [1.165, 1.54) is 11.0 Å². The van der Waals surface area contributed by atoms with Crippen molar-refractivity contribution < 1.29 is 23.0 Å². The fourth-order valence-electron chi connectivity index (χ4n) is 4.67. The molecule has 1 aliphatic heterocycles. The summed E-state index contributed by atoms with van der Waals surface area (Å²) in [4.78, 5) is 23.3. The van der Waals surface area contributed by atoms with Crippen molar-refractivity contribution in [2.24, 2.45) is 0 Å². The van der Waals surface area contributed by atoms with Gasteiger partial charge in [0.05, 0.1) is 6.20 Å². The Morgan fingerprint density at radius 2 is 1.83 bits per heavy atom. The summed E-state index contributed by atoms with van der Waals surface area (Å²) < 4.78 is 40.1. The molecule has 2 aromatic carbocycles. The number of aromatic nitrogens is 6. The molecule has 0 unspecified atom stereocenters. The molecule has 216 valence electrons. The highest BCUT2D eigenvalue weighted by Gasteiger charge is 2.37. The number of hydrogen-bond donors (Lipinski definition) is 1. The Hall–Kier alpha value is -4.49. The van der Waals surface area contributed by atoms with Gasteiger partial charge in [-0.1, -0.05) is 50.0 Å². The van der Waals surface area contributed by atoms with Crippen molar-refractivity contribution in [2.75, 3.05) is 18.1 Å². The van der Waals surface area contributed by atoms with Gasteiger partial charge in [-0.15, -0.1) is 0 Å². The van der Waals surface area contributed by atoms with Crippen molar-refractivity contribution in [3.8, 4) is 22.5 Å². The van der Waals surface area contributed by atoms with E-state index in [0.29, 0.717) is 41.9 Å². The minimum atomic E-state index is -1.15. The summed E-state index contributed by atoms with van der Waals surface area (Å²) in [5.41, 5.74) is 3.35. The number of hydrogen-bond acceptors (Lipinski definition) is 7. The number of halogens is 2. The van der Waals surface area contributed by atoms with Crippen LogP contribution in [0.3, 0.4) is 0 Å². The molecule has 1 N–H and O–H groups in total. The summed E-state index contributed by atoms with van der Waals surface area (Å²) in [5, 5.41) is 11.7. The van der Waals surface area contributed by atoms with Crippen LogP contribution in [-0.4, -0.2) is 57.2 Å². The summed E-state index contributed by atoms with van der Waals surface area (Å²) in [6.07, 6.45) is 2.75. The number of carbonyl (C=O) groups is 1. The monoisotopic (exact) mass is 589 g/mol. The first kappa shape index (κ1) is 27.7. The van der Waals surface area contributed by atoms with Gasteiger partial charge in [-0.25, -0.2) is 28.1 Å². The number of cyclic esters (lactones) is 1. The number of rotatable bonds is 9. The molecule has 1 atom stereocenters. The Labute approximate surface area is 241 Å².